The lowest BCUT2D eigenvalue weighted by Gasteiger charge is -2.26. The van der Waals surface area contributed by atoms with Gasteiger partial charge in [-0.1, -0.05) is 6.07 Å². The van der Waals surface area contributed by atoms with E-state index in [1.54, 1.807) is 22.3 Å². The number of aromatic amines is 1. The molecular weight excluding hydrogens is 340 g/mol. The summed E-state index contributed by atoms with van der Waals surface area (Å²) in [6.45, 7) is 8.55. The monoisotopic (exact) mass is 364 g/mol. The van der Waals surface area contributed by atoms with Crippen LogP contribution >= 0.6 is 11.3 Å². The number of hydrogen-bond donors (Lipinski definition) is 2. The van der Waals surface area contributed by atoms with Crippen LogP contribution in [0, 0.1) is 0 Å². The fourth-order valence-electron chi connectivity index (χ4n) is 2.10. The molecule has 0 aliphatic heterocycles. The molecule has 0 fully saturated rings. The van der Waals surface area contributed by atoms with E-state index in [2.05, 4.69) is 15.5 Å². The standard InChI is InChI=1S/C17H24N4O3S/c1-5-21(16(23)24-17(2,3)4)9-8-18-15(22)13-11-12(19-20-13)14-7-6-10-25-14/h6-7,10-11H,5,8-9H2,1-4H3,(H,18,22)(H,19,20). The van der Waals surface area contributed by atoms with Gasteiger partial charge in [0.05, 0.1) is 10.6 Å². The van der Waals surface area contributed by atoms with E-state index in [1.165, 1.54) is 0 Å². The number of H-pyrrole nitrogens is 1. The first-order chi connectivity index (χ1) is 11.8. The number of nitrogens with one attached hydrogen (secondary N) is 2. The molecule has 2 aromatic rings. The Labute approximate surface area is 151 Å². The molecule has 2 amide bonds. The van der Waals surface area contributed by atoms with Gasteiger partial charge >= 0.3 is 6.09 Å². The number of hydrogen-bond acceptors (Lipinski definition) is 5. The number of likely N-dealkylation sites (N-methyl/N-ethyl adjacent to an activating group) is 1. The number of thiophene rings is 1. The summed E-state index contributed by atoms with van der Waals surface area (Å²) in [6.07, 6.45) is -0.385. The van der Waals surface area contributed by atoms with Gasteiger partial charge in [0.25, 0.3) is 5.91 Å². The van der Waals surface area contributed by atoms with Crippen molar-refractivity contribution >= 4 is 23.3 Å². The molecule has 0 bridgehead atoms. The molecule has 0 unspecified atom stereocenters. The van der Waals surface area contributed by atoms with Crippen molar-refractivity contribution in [1.82, 2.24) is 20.4 Å². The van der Waals surface area contributed by atoms with E-state index in [-0.39, 0.29) is 12.0 Å². The molecule has 0 aliphatic carbocycles. The Morgan fingerprint density at radius 3 is 2.76 bits per heavy atom. The van der Waals surface area contributed by atoms with Crippen molar-refractivity contribution in [3.05, 3.63) is 29.3 Å². The Bertz CT molecular complexity index is 704. The Morgan fingerprint density at radius 1 is 1.40 bits per heavy atom. The van der Waals surface area contributed by atoms with Crippen LogP contribution in [-0.4, -0.2) is 52.3 Å². The number of nitrogens with zero attached hydrogens (tertiary/aromatic N) is 2. The predicted molar refractivity (Wildman–Crippen MR) is 97.7 cm³/mol. The van der Waals surface area contributed by atoms with Crippen molar-refractivity contribution in [2.24, 2.45) is 0 Å². The molecule has 0 aliphatic rings. The van der Waals surface area contributed by atoms with Crippen LogP contribution < -0.4 is 5.32 Å². The molecule has 0 saturated heterocycles. The Morgan fingerprint density at radius 2 is 2.16 bits per heavy atom. The minimum atomic E-state index is -0.541. The molecule has 2 aromatic heterocycles. The zero-order valence-corrected chi connectivity index (χ0v) is 15.8. The van der Waals surface area contributed by atoms with Crippen LogP contribution in [0.1, 0.15) is 38.2 Å². The third-order valence-electron chi connectivity index (χ3n) is 3.30. The maximum absolute atomic E-state index is 12.2. The molecule has 0 radical (unpaired) electrons. The van der Waals surface area contributed by atoms with Gasteiger partial charge in [0.2, 0.25) is 0 Å². The lowest BCUT2D eigenvalue weighted by Crippen LogP contribution is -2.41. The summed E-state index contributed by atoms with van der Waals surface area (Å²) < 4.78 is 5.34. The number of rotatable bonds is 6. The summed E-state index contributed by atoms with van der Waals surface area (Å²) in [4.78, 5) is 26.8. The van der Waals surface area contributed by atoms with Gasteiger partial charge < -0.3 is 15.0 Å². The first kappa shape index (κ1) is 19.0. The van der Waals surface area contributed by atoms with Crippen LogP contribution in [0.4, 0.5) is 4.79 Å². The van der Waals surface area contributed by atoms with Gasteiger partial charge in [0, 0.05) is 19.6 Å². The molecule has 0 spiro atoms. The Kier molecular flexibility index (Phi) is 6.19. The molecule has 136 valence electrons. The Balaban J connectivity index is 1.84. The Hall–Kier alpha value is -2.35. The SMILES string of the molecule is CCN(CCNC(=O)c1cc(-c2cccs2)[nH]n1)C(=O)OC(C)(C)C. The van der Waals surface area contributed by atoms with Crippen LogP contribution in [0.5, 0.6) is 0 Å². The molecule has 0 saturated carbocycles. The van der Waals surface area contributed by atoms with Crippen LogP contribution in [-0.2, 0) is 4.74 Å². The predicted octanol–water partition coefficient (Wildman–Crippen LogP) is 3.13. The average Bonchev–Trinajstić information content (AvgIpc) is 3.19. The zero-order valence-electron chi connectivity index (χ0n) is 15.0. The first-order valence-electron chi connectivity index (χ1n) is 8.15. The highest BCUT2D eigenvalue weighted by Crippen LogP contribution is 2.22. The minimum absolute atomic E-state index is 0.278. The van der Waals surface area contributed by atoms with Crippen molar-refractivity contribution in [1.29, 1.82) is 0 Å². The maximum atomic E-state index is 12.2. The van der Waals surface area contributed by atoms with Gasteiger partial charge in [-0.3, -0.25) is 9.89 Å². The fourth-order valence-corrected chi connectivity index (χ4v) is 2.79. The summed E-state index contributed by atoms with van der Waals surface area (Å²) >= 11 is 1.57. The van der Waals surface area contributed by atoms with Gasteiger partial charge in [0.1, 0.15) is 5.60 Å². The third-order valence-corrected chi connectivity index (χ3v) is 4.20. The second kappa shape index (κ2) is 8.15. The molecule has 2 rings (SSSR count). The molecule has 2 N–H and O–H groups in total. The van der Waals surface area contributed by atoms with Crippen molar-refractivity contribution in [2.75, 3.05) is 19.6 Å². The van der Waals surface area contributed by atoms with Gasteiger partial charge in [-0.2, -0.15) is 5.10 Å². The first-order valence-corrected chi connectivity index (χ1v) is 9.03. The number of amides is 2. The highest BCUT2D eigenvalue weighted by atomic mass is 32.1. The topological polar surface area (TPSA) is 87.3 Å². The quantitative estimate of drug-likeness (QED) is 0.824. The molecule has 0 aromatic carbocycles. The lowest BCUT2D eigenvalue weighted by molar-refractivity contribution is 0.0260. The van der Waals surface area contributed by atoms with Crippen LogP contribution in [0.2, 0.25) is 0 Å². The number of aromatic nitrogens is 2. The van der Waals surface area contributed by atoms with Crippen molar-refractivity contribution in [2.45, 2.75) is 33.3 Å². The van der Waals surface area contributed by atoms with E-state index in [1.807, 2.05) is 45.2 Å². The molecule has 7 nitrogen and oxygen atoms in total. The van der Waals surface area contributed by atoms with Crippen LogP contribution in [0.15, 0.2) is 23.6 Å². The molecule has 0 atom stereocenters. The lowest BCUT2D eigenvalue weighted by atomic mass is 10.2. The second-order valence-electron chi connectivity index (χ2n) is 6.46. The third kappa shape index (κ3) is 5.60. The molecule has 25 heavy (non-hydrogen) atoms. The summed E-state index contributed by atoms with van der Waals surface area (Å²) in [5, 5.41) is 11.6. The van der Waals surface area contributed by atoms with Crippen LogP contribution in [0.25, 0.3) is 10.6 Å². The minimum Gasteiger partial charge on any atom is -0.444 e. The highest BCUT2D eigenvalue weighted by molar-refractivity contribution is 7.13. The van der Waals surface area contributed by atoms with Gasteiger partial charge in [-0.05, 0) is 45.2 Å². The molecular formula is C17H24N4O3S. The van der Waals surface area contributed by atoms with E-state index in [0.717, 1.165) is 10.6 Å². The maximum Gasteiger partial charge on any atom is 0.410 e. The number of ether oxygens (including phenoxy) is 1. The highest BCUT2D eigenvalue weighted by Gasteiger charge is 2.21. The summed E-state index contributed by atoms with van der Waals surface area (Å²) in [7, 11) is 0. The molecule has 2 heterocycles. The molecule has 8 heteroatoms. The van der Waals surface area contributed by atoms with Crippen molar-refractivity contribution in [3.8, 4) is 10.6 Å². The van der Waals surface area contributed by atoms with E-state index < -0.39 is 5.60 Å². The largest absolute Gasteiger partial charge is 0.444 e. The van der Waals surface area contributed by atoms with Crippen molar-refractivity contribution in [3.63, 3.8) is 0 Å². The fraction of sp³-hybridized carbons (Fsp3) is 0.471. The smallest absolute Gasteiger partial charge is 0.410 e. The van der Waals surface area contributed by atoms with E-state index >= 15 is 0 Å². The summed E-state index contributed by atoms with van der Waals surface area (Å²) in [5.74, 6) is -0.278. The average molecular weight is 364 g/mol. The second-order valence-corrected chi connectivity index (χ2v) is 7.41. The van der Waals surface area contributed by atoms with E-state index in [9.17, 15) is 9.59 Å². The number of carbonyl (C=O) groups is 2. The van der Waals surface area contributed by atoms with Crippen LogP contribution in [0.3, 0.4) is 0 Å². The van der Waals surface area contributed by atoms with Gasteiger partial charge in [-0.25, -0.2) is 4.79 Å². The summed E-state index contributed by atoms with van der Waals surface area (Å²) in [5.41, 5.74) is 0.592. The van der Waals surface area contributed by atoms with E-state index in [0.29, 0.717) is 25.3 Å². The summed E-state index contributed by atoms with van der Waals surface area (Å²) in [6, 6.07) is 5.61. The zero-order chi connectivity index (χ0) is 18.4. The van der Waals surface area contributed by atoms with Gasteiger partial charge in [0.15, 0.2) is 5.69 Å². The number of carbonyl (C=O) groups excluding carboxylic acids is 2. The normalized spacial score (nSPS) is 11.2. The van der Waals surface area contributed by atoms with Crippen molar-refractivity contribution < 1.29 is 14.3 Å². The van der Waals surface area contributed by atoms with E-state index in [4.69, 9.17) is 4.74 Å². The van der Waals surface area contributed by atoms with Gasteiger partial charge in [-0.15, -0.1) is 11.3 Å².